The van der Waals surface area contributed by atoms with E-state index in [1.54, 1.807) is 13.2 Å². The Labute approximate surface area is 84.4 Å². The minimum absolute atomic E-state index is 0.202. The maximum atomic E-state index is 9.31. The fraction of sp³-hybridized carbons (Fsp3) is 0.250. The first kappa shape index (κ1) is 9.44. The third kappa shape index (κ3) is 1.74. The van der Waals surface area contributed by atoms with E-state index < -0.39 is 0 Å². The zero-order valence-electron chi connectivity index (χ0n) is 6.80. The van der Waals surface area contributed by atoms with Crippen molar-refractivity contribution >= 4 is 22.6 Å². The number of phenols is 1. The highest BCUT2D eigenvalue weighted by atomic mass is 127. The number of hydrogen-bond acceptors (Lipinski definition) is 3. The van der Waals surface area contributed by atoms with Crippen LogP contribution in [0, 0.1) is 3.57 Å². The van der Waals surface area contributed by atoms with Gasteiger partial charge in [-0.05, 0) is 22.6 Å². The zero-order chi connectivity index (χ0) is 9.14. The molecule has 1 N–H and O–H groups in total. The molecule has 0 aliphatic heterocycles. The lowest BCUT2D eigenvalue weighted by Crippen LogP contribution is -1.90. The molecule has 66 valence electrons. The van der Waals surface area contributed by atoms with Crippen molar-refractivity contribution in [2.75, 3.05) is 14.2 Å². The lowest BCUT2D eigenvalue weighted by molar-refractivity contribution is 0.351. The van der Waals surface area contributed by atoms with Gasteiger partial charge in [-0.15, -0.1) is 0 Å². The monoisotopic (exact) mass is 280 g/mol. The van der Waals surface area contributed by atoms with Gasteiger partial charge in [0.15, 0.2) is 11.5 Å². The van der Waals surface area contributed by atoms with Crippen molar-refractivity contribution in [2.24, 2.45) is 0 Å². The van der Waals surface area contributed by atoms with Gasteiger partial charge in [0.1, 0.15) is 5.75 Å². The molecule has 0 aliphatic carbocycles. The van der Waals surface area contributed by atoms with Gasteiger partial charge >= 0.3 is 0 Å². The second-order valence-corrected chi connectivity index (χ2v) is 3.32. The summed E-state index contributed by atoms with van der Waals surface area (Å²) < 4.78 is 10.8. The zero-order valence-corrected chi connectivity index (χ0v) is 8.95. The van der Waals surface area contributed by atoms with E-state index in [-0.39, 0.29) is 5.75 Å². The molecule has 1 aromatic rings. The van der Waals surface area contributed by atoms with E-state index in [1.165, 1.54) is 13.2 Å². The first-order valence-corrected chi connectivity index (χ1v) is 4.37. The molecule has 0 unspecified atom stereocenters. The van der Waals surface area contributed by atoms with Crippen molar-refractivity contribution in [2.45, 2.75) is 0 Å². The molecule has 0 aromatic heterocycles. The number of methoxy groups -OCH3 is 2. The standard InChI is InChI=1S/C8H9IO3/c1-11-7-3-5(9)6(10)4-8(7)12-2/h3-4,10H,1-2H3. The third-order valence-electron chi connectivity index (χ3n) is 1.45. The molecule has 12 heavy (non-hydrogen) atoms. The van der Waals surface area contributed by atoms with Crippen LogP contribution in [0.1, 0.15) is 0 Å². The van der Waals surface area contributed by atoms with Gasteiger partial charge in [-0.1, -0.05) is 0 Å². The minimum atomic E-state index is 0.202. The molecule has 0 aliphatic rings. The largest absolute Gasteiger partial charge is 0.507 e. The number of phenolic OH excluding ortho intramolecular Hbond substituents is 1. The van der Waals surface area contributed by atoms with Crippen LogP contribution < -0.4 is 9.47 Å². The topological polar surface area (TPSA) is 38.7 Å². The van der Waals surface area contributed by atoms with Crippen molar-refractivity contribution in [1.82, 2.24) is 0 Å². The third-order valence-corrected chi connectivity index (χ3v) is 2.32. The molecule has 0 heterocycles. The summed E-state index contributed by atoms with van der Waals surface area (Å²) in [6, 6.07) is 3.25. The van der Waals surface area contributed by atoms with Gasteiger partial charge in [-0.25, -0.2) is 0 Å². The Balaban J connectivity index is 3.19. The summed E-state index contributed by atoms with van der Waals surface area (Å²) in [4.78, 5) is 0. The SMILES string of the molecule is COc1cc(O)c(I)cc1OC. The van der Waals surface area contributed by atoms with E-state index in [9.17, 15) is 5.11 Å². The average molecular weight is 280 g/mol. The smallest absolute Gasteiger partial charge is 0.164 e. The molecule has 0 bridgehead atoms. The van der Waals surface area contributed by atoms with Crippen molar-refractivity contribution in [1.29, 1.82) is 0 Å². The van der Waals surface area contributed by atoms with E-state index in [0.717, 1.165) is 3.57 Å². The van der Waals surface area contributed by atoms with Crippen LogP contribution in [0.4, 0.5) is 0 Å². The molecule has 0 radical (unpaired) electrons. The first-order chi connectivity index (χ1) is 5.69. The molecule has 0 spiro atoms. The molecule has 0 atom stereocenters. The van der Waals surface area contributed by atoms with E-state index in [1.807, 2.05) is 22.6 Å². The van der Waals surface area contributed by atoms with Gasteiger partial charge < -0.3 is 14.6 Å². The molecule has 3 nitrogen and oxygen atoms in total. The Hall–Kier alpha value is -0.650. The highest BCUT2D eigenvalue weighted by Crippen LogP contribution is 2.34. The summed E-state index contributed by atoms with van der Waals surface area (Å²) in [7, 11) is 3.09. The Morgan fingerprint density at radius 2 is 1.67 bits per heavy atom. The van der Waals surface area contributed by atoms with Crippen LogP contribution >= 0.6 is 22.6 Å². The first-order valence-electron chi connectivity index (χ1n) is 3.29. The second kappa shape index (κ2) is 3.84. The summed E-state index contributed by atoms with van der Waals surface area (Å²) in [5.41, 5.74) is 0. The van der Waals surface area contributed by atoms with E-state index in [2.05, 4.69) is 0 Å². The van der Waals surface area contributed by atoms with Crippen LogP contribution in [-0.2, 0) is 0 Å². The van der Waals surface area contributed by atoms with Crippen LogP contribution in [-0.4, -0.2) is 19.3 Å². The van der Waals surface area contributed by atoms with E-state index >= 15 is 0 Å². The summed E-state index contributed by atoms with van der Waals surface area (Å²) in [5.74, 6) is 1.36. The molecular formula is C8H9IO3. The number of hydrogen-bond donors (Lipinski definition) is 1. The number of halogens is 1. The van der Waals surface area contributed by atoms with Crippen LogP contribution in [0.5, 0.6) is 17.2 Å². The number of benzene rings is 1. The average Bonchev–Trinajstić information content (AvgIpc) is 2.09. The van der Waals surface area contributed by atoms with E-state index in [0.29, 0.717) is 11.5 Å². The summed E-state index contributed by atoms with van der Waals surface area (Å²) in [6.45, 7) is 0. The predicted octanol–water partition coefficient (Wildman–Crippen LogP) is 2.01. The van der Waals surface area contributed by atoms with Gasteiger partial charge in [-0.2, -0.15) is 0 Å². The fourth-order valence-corrected chi connectivity index (χ4v) is 1.28. The molecule has 0 saturated heterocycles. The summed E-state index contributed by atoms with van der Waals surface area (Å²) >= 11 is 2.02. The molecule has 4 heteroatoms. The quantitative estimate of drug-likeness (QED) is 0.842. The van der Waals surface area contributed by atoms with Crippen molar-refractivity contribution < 1.29 is 14.6 Å². The molecular weight excluding hydrogens is 271 g/mol. The van der Waals surface area contributed by atoms with Crippen LogP contribution in [0.25, 0.3) is 0 Å². The maximum Gasteiger partial charge on any atom is 0.164 e. The second-order valence-electron chi connectivity index (χ2n) is 2.16. The lowest BCUT2D eigenvalue weighted by Gasteiger charge is -2.08. The summed E-state index contributed by atoms with van der Waals surface area (Å²) in [6.07, 6.45) is 0. The number of aromatic hydroxyl groups is 1. The highest BCUT2D eigenvalue weighted by molar-refractivity contribution is 14.1. The van der Waals surface area contributed by atoms with Crippen LogP contribution in [0.2, 0.25) is 0 Å². The van der Waals surface area contributed by atoms with Gasteiger partial charge in [0.2, 0.25) is 0 Å². The number of rotatable bonds is 2. The van der Waals surface area contributed by atoms with Gasteiger partial charge in [-0.3, -0.25) is 0 Å². The van der Waals surface area contributed by atoms with Gasteiger partial charge in [0, 0.05) is 12.1 Å². The van der Waals surface area contributed by atoms with Crippen molar-refractivity contribution in [3.05, 3.63) is 15.7 Å². The van der Waals surface area contributed by atoms with Gasteiger partial charge in [0.25, 0.3) is 0 Å². The lowest BCUT2D eigenvalue weighted by atomic mass is 10.3. The highest BCUT2D eigenvalue weighted by Gasteiger charge is 2.07. The normalized spacial score (nSPS) is 9.58. The minimum Gasteiger partial charge on any atom is -0.507 e. The maximum absolute atomic E-state index is 9.31. The van der Waals surface area contributed by atoms with E-state index in [4.69, 9.17) is 9.47 Å². The molecule has 1 rings (SSSR count). The number of ether oxygens (including phenoxy) is 2. The Bertz CT molecular complexity index is 257. The van der Waals surface area contributed by atoms with Crippen molar-refractivity contribution in [3.8, 4) is 17.2 Å². The fourth-order valence-electron chi connectivity index (χ4n) is 0.843. The Morgan fingerprint density at radius 3 is 2.17 bits per heavy atom. The molecule has 0 fully saturated rings. The Kier molecular flexibility index (Phi) is 3.02. The Morgan fingerprint density at radius 1 is 1.17 bits per heavy atom. The van der Waals surface area contributed by atoms with Crippen molar-refractivity contribution in [3.63, 3.8) is 0 Å². The summed E-state index contributed by atoms with van der Waals surface area (Å²) in [5, 5.41) is 9.31. The molecule has 0 amide bonds. The molecule has 1 aromatic carbocycles. The predicted molar refractivity (Wildman–Crippen MR) is 53.9 cm³/mol. The van der Waals surface area contributed by atoms with Gasteiger partial charge in [0.05, 0.1) is 17.8 Å². The van der Waals surface area contributed by atoms with Crippen LogP contribution in [0.15, 0.2) is 12.1 Å². The van der Waals surface area contributed by atoms with Crippen LogP contribution in [0.3, 0.4) is 0 Å². The molecule has 0 saturated carbocycles.